The molecule has 0 bridgehead atoms. The third-order valence-electron chi connectivity index (χ3n) is 4.58. The van der Waals surface area contributed by atoms with Crippen molar-refractivity contribution in [3.63, 3.8) is 0 Å². The molecule has 0 nitrogen and oxygen atoms in total. The Labute approximate surface area is 120 Å². The molecule has 0 N–H and O–H groups in total. The van der Waals surface area contributed by atoms with E-state index >= 15 is 0 Å². The number of rotatable bonds is 1. The Bertz CT molecular complexity index is 368. The van der Waals surface area contributed by atoms with Crippen LogP contribution in [0.2, 0.25) is 0 Å². The summed E-state index contributed by atoms with van der Waals surface area (Å²) in [5.74, 6) is 0. The van der Waals surface area contributed by atoms with Crippen molar-refractivity contribution in [3.05, 3.63) is 35.9 Å². The summed E-state index contributed by atoms with van der Waals surface area (Å²) in [5.41, 5.74) is 2.12. The van der Waals surface area contributed by atoms with Crippen LogP contribution in [0.5, 0.6) is 0 Å². The third kappa shape index (κ3) is 2.47. The molecule has 0 atom stereocenters. The van der Waals surface area contributed by atoms with E-state index in [1.54, 1.807) is 0 Å². The SMILES string of the molecule is CC(C)(C)C(c1ccccc1)(C(C)(C)C)C(C)(C)C. The first kappa shape index (κ1) is 16.3. The molecular weight excluding hydrogens is 228 g/mol. The molecule has 0 amide bonds. The van der Waals surface area contributed by atoms with Gasteiger partial charge in [-0.2, -0.15) is 0 Å². The van der Waals surface area contributed by atoms with Crippen LogP contribution in [0, 0.1) is 16.2 Å². The van der Waals surface area contributed by atoms with Crippen LogP contribution in [0.1, 0.15) is 67.9 Å². The summed E-state index contributed by atoms with van der Waals surface area (Å²) in [4.78, 5) is 0. The summed E-state index contributed by atoms with van der Waals surface area (Å²) in [6, 6.07) is 11.1. The minimum Gasteiger partial charge on any atom is -0.0622 e. The van der Waals surface area contributed by atoms with Crippen LogP contribution >= 0.6 is 0 Å². The predicted octanol–water partition coefficient (Wildman–Crippen LogP) is 6.06. The average molecular weight is 260 g/mol. The van der Waals surface area contributed by atoms with Crippen molar-refractivity contribution in [1.29, 1.82) is 0 Å². The lowest BCUT2D eigenvalue weighted by Crippen LogP contribution is -2.58. The molecule has 0 heteroatoms. The van der Waals surface area contributed by atoms with Gasteiger partial charge in [0.2, 0.25) is 0 Å². The summed E-state index contributed by atoms with van der Waals surface area (Å²) in [5, 5.41) is 0. The molecule has 0 saturated carbocycles. The largest absolute Gasteiger partial charge is 0.0622 e. The fourth-order valence-electron chi connectivity index (χ4n) is 5.36. The molecule has 1 aromatic carbocycles. The molecule has 1 rings (SSSR count). The van der Waals surface area contributed by atoms with E-state index in [2.05, 4.69) is 92.6 Å². The Morgan fingerprint density at radius 1 is 0.526 bits per heavy atom. The van der Waals surface area contributed by atoms with Gasteiger partial charge in [-0.25, -0.2) is 0 Å². The van der Waals surface area contributed by atoms with Crippen molar-refractivity contribution in [1.82, 2.24) is 0 Å². The molecular formula is C19H32. The van der Waals surface area contributed by atoms with E-state index in [0.29, 0.717) is 0 Å². The first-order valence-electron chi connectivity index (χ1n) is 7.41. The summed E-state index contributed by atoms with van der Waals surface area (Å²) in [7, 11) is 0. The smallest absolute Gasteiger partial charge is 0.00983 e. The number of hydrogen-bond donors (Lipinski definition) is 0. The van der Waals surface area contributed by atoms with Crippen molar-refractivity contribution in [2.24, 2.45) is 16.2 Å². The maximum absolute atomic E-state index is 2.39. The first-order chi connectivity index (χ1) is 8.36. The highest BCUT2D eigenvalue weighted by molar-refractivity contribution is 5.33. The highest BCUT2D eigenvalue weighted by Gasteiger charge is 2.58. The van der Waals surface area contributed by atoms with Crippen molar-refractivity contribution in [2.45, 2.75) is 67.7 Å². The van der Waals surface area contributed by atoms with E-state index in [0.717, 1.165) is 0 Å². The van der Waals surface area contributed by atoms with E-state index in [9.17, 15) is 0 Å². The molecule has 0 spiro atoms. The van der Waals surface area contributed by atoms with E-state index in [-0.39, 0.29) is 21.7 Å². The molecule has 0 aliphatic heterocycles. The zero-order chi connectivity index (χ0) is 15.1. The minimum absolute atomic E-state index is 0.105. The summed E-state index contributed by atoms with van der Waals surface area (Å²) in [6.07, 6.45) is 0. The van der Waals surface area contributed by atoms with Gasteiger partial charge < -0.3 is 0 Å². The van der Waals surface area contributed by atoms with Gasteiger partial charge in [-0.15, -0.1) is 0 Å². The molecule has 0 unspecified atom stereocenters. The van der Waals surface area contributed by atoms with Crippen molar-refractivity contribution in [2.75, 3.05) is 0 Å². The fourth-order valence-corrected chi connectivity index (χ4v) is 5.36. The lowest BCUT2D eigenvalue weighted by molar-refractivity contribution is -0.0443. The Balaban J connectivity index is 3.76. The zero-order valence-electron chi connectivity index (χ0n) is 14.4. The Kier molecular flexibility index (Phi) is 3.98. The van der Waals surface area contributed by atoms with Gasteiger partial charge in [-0.3, -0.25) is 0 Å². The van der Waals surface area contributed by atoms with Gasteiger partial charge in [0, 0.05) is 5.41 Å². The molecule has 0 fully saturated rings. The zero-order valence-corrected chi connectivity index (χ0v) is 14.4. The summed E-state index contributed by atoms with van der Waals surface area (Å²) >= 11 is 0. The Hall–Kier alpha value is -0.780. The molecule has 0 aliphatic carbocycles. The van der Waals surface area contributed by atoms with Crippen molar-refractivity contribution in [3.8, 4) is 0 Å². The van der Waals surface area contributed by atoms with Crippen LogP contribution in [-0.2, 0) is 5.41 Å². The van der Waals surface area contributed by atoms with E-state index in [4.69, 9.17) is 0 Å². The second-order valence-corrected chi connectivity index (χ2v) is 8.87. The molecule has 0 radical (unpaired) electrons. The molecule has 19 heavy (non-hydrogen) atoms. The standard InChI is InChI=1S/C19H32/c1-16(2,3)19(17(4,5)6,18(7,8)9)15-13-11-10-12-14-15/h10-14H,1-9H3. The van der Waals surface area contributed by atoms with Gasteiger partial charge in [-0.05, 0) is 21.8 Å². The van der Waals surface area contributed by atoms with Gasteiger partial charge in [0.25, 0.3) is 0 Å². The van der Waals surface area contributed by atoms with Crippen LogP contribution in [-0.4, -0.2) is 0 Å². The maximum Gasteiger partial charge on any atom is 0.00983 e. The third-order valence-corrected chi connectivity index (χ3v) is 4.58. The Morgan fingerprint density at radius 2 is 0.842 bits per heavy atom. The molecule has 108 valence electrons. The van der Waals surface area contributed by atoms with Gasteiger partial charge >= 0.3 is 0 Å². The monoisotopic (exact) mass is 260 g/mol. The van der Waals surface area contributed by atoms with Crippen LogP contribution < -0.4 is 0 Å². The Morgan fingerprint density at radius 3 is 1.11 bits per heavy atom. The normalized spacial score (nSPS) is 14.6. The average Bonchev–Trinajstić information content (AvgIpc) is 2.12. The van der Waals surface area contributed by atoms with Gasteiger partial charge in [0.1, 0.15) is 0 Å². The van der Waals surface area contributed by atoms with Gasteiger partial charge in [0.15, 0.2) is 0 Å². The molecule has 0 aliphatic rings. The second kappa shape index (κ2) is 4.65. The van der Waals surface area contributed by atoms with Gasteiger partial charge in [0.05, 0.1) is 0 Å². The quantitative estimate of drug-likeness (QED) is 0.575. The van der Waals surface area contributed by atoms with Crippen LogP contribution in [0.25, 0.3) is 0 Å². The van der Waals surface area contributed by atoms with Crippen LogP contribution in [0.3, 0.4) is 0 Å². The molecule has 0 saturated heterocycles. The van der Waals surface area contributed by atoms with E-state index < -0.39 is 0 Å². The number of hydrogen-bond acceptors (Lipinski definition) is 0. The van der Waals surface area contributed by atoms with E-state index in [1.807, 2.05) is 0 Å². The summed E-state index contributed by atoms with van der Waals surface area (Å²) < 4.78 is 0. The summed E-state index contributed by atoms with van der Waals surface area (Å²) in [6.45, 7) is 21.5. The molecule has 1 aromatic rings. The van der Waals surface area contributed by atoms with Gasteiger partial charge in [-0.1, -0.05) is 92.6 Å². The van der Waals surface area contributed by atoms with Crippen LogP contribution in [0.4, 0.5) is 0 Å². The van der Waals surface area contributed by atoms with Crippen molar-refractivity contribution < 1.29 is 0 Å². The lowest BCUT2D eigenvalue weighted by Gasteiger charge is -2.61. The topological polar surface area (TPSA) is 0 Å². The second-order valence-electron chi connectivity index (χ2n) is 8.87. The predicted molar refractivity (Wildman–Crippen MR) is 86.5 cm³/mol. The highest BCUT2D eigenvalue weighted by Crippen LogP contribution is 2.62. The lowest BCUT2D eigenvalue weighted by atomic mass is 9.42. The maximum atomic E-state index is 2.39. The van der Waals surface area contributed by atoms with Crippen molar-refractivity contribution >= 4 is 0 Å². The molecule has 0 heterocycles. The minimum atomic E-state index is 0.105. The highest BCUT2D eigenvalue weighted by atomic mass is 14.6. The van der Waals surface area contributed by atoms with E-state index in [1.165, 1.54) is 5.56 Å². The number of benzene rings is 1. The van der Waals surface area contributed by atoms with Crippen LogP contribution in [0.15, 0.2) is 30.3 Å². The first-order valence-corrected chi connectivity index (χ1v) is 7.41. The fraction of sp³-hybridized carbons (Fsp3) is 0.684. The molecule has 0 aromatic heterocycles.